The SMILES string of the molecule is CC(=O)Nc1c(CI)ccc(O)c1C. The fourth-order valence-electron chi connectivity index (χ4n) is 1.22. The summed E-state index contributed by atoms with van der Waals surface area (Å²) in [6.07, 6.45) is 0. The molecule has 0 aliphatic rings. The van der Waals surface area contributed by atoms with Gasteiger partial charge in [-0.3, -0.25) is 4.79 Å². The molecule has 0 aliphatic carbocycles. The molecule has 1 amide bonds. The Morgan fingerprint density at radius 1 is 1.57 bits per heavy atom. The van der Waals surface area contributed by atoms with Crippen molar-refractivity contribution >= 4 is 34.2 Å². The van der Waals surface area contributed by atoms with Crippen LogP contribution in [0, 0.1) is 6.92 Å². The molecule has 0 unspecified atom stereocenters. The zero-order valence-corrected chi connectivity index (χ0v) is 10.3. The lowest BCUT2D eigenvalue weighted by Gasteiger charge is -2.12. The molecule has 1 rings (SSSR count). The average molecular weight is 305 g/mol. The number of aromatic hydroxyl groups is 1. The number of halogens is 1. The van der Waals surface area contributed by atoms with E-state index in [1.807, 2.05) is 6.07 Å². The van der Waals surface area contributed by atoms with Crippen LogP contribution in [0.1, 0.15) is 18.1 Å². The van der Waals surface area contributed by atoms with Crippen LogP contribution >= 0.6 is 22.6 Å². The molecule has 0 bridgehead atoms. The van der Waals surface area contributed by atoms with Crippen LogP contribution in [0.2, 0.25) is 0 Å². The Morgan fingerprint density at radius 3 is 2.71 bits per heavy atom. The van der Waals surface area contributed by atoms with Gasteiger partial charge in [0.25, 0.3) is 0 Å². The summed E-state index contributed by atoms with van der Waals surface area (Å²) in [5.74, 6) is 0.0900. The first-order chi connectivity index (χ1) is 6.56. The molecule has 0 radical (unpaired) electrons. The Hall–Kier alpha value is -0.780. The number of rotatable bonds is 2. The molecule has 1 aromatic carbocycles. The van der Waals surface area contributed by atoms with Gasteiger partial charge in [-0.15, -0.1) is 0 Å². The summed E-state index contributed by atoms with van der Waals surface area (Å²) in [7, 11) is 0. The number of phenols is 1. The molecule has 0 atom stereocenters. The minimum absolute atomic E-state index is 0.121. The third-order valence-electron chi connectivity index (χ3n) is 1.97. The number of nitrogens with one attached hydrogen (secondary N) is 1. The predicted molar refractivity (Wildman–Crippen MR) is 64.9 cm³/mol. The fraction of sp³-hybridized carbons (Fsp3) is 0.300. The zero-order chi connectivity index (χ0) is 10.7. The van der Waals surface area contributed by atoms with Gasteiger partial charge in [-0.2, -0.15) is 0 Å². The summed E-state index contributed by atoms with van der Waals surface area (Å²) >= 11 is 2.22. The molecule has 0 heterocycles. The first-order valence-electron chi connectivity index (χ1n) is 4.21. The smallest absolute Gasteiger partial charge is 0.221 e. The van der Waals surface area contributed by atoms with E-state index in [2.05, 4.69) is 27.9 Å². The lowest BCUT2D eigenvalue weighted by molar-refractivity contribution is -0.114. The highest BCUT2D eigenvalue weighted by Crippen LogP contribution is 2.29. The van der Waals surface area contributed by atoms with Crippen LogP contribution in [0.4, 0.5) is 5.69 Å². The number of anilines is 1. The van der Waals surface area contributed by atoms with E-state index in [9.17, 15) is 9.90 Å². The van der Waals surface area contributed by atoms with E-state index in [1.165, 1.54) is 6.92 Å². The molecule has 0 spiro atoms. The quantitative estimate of drug-likeness (QED) is 0.652. The second-order valence-electron chi connectivity index (χ2n) is 3.06. The Bertz CT molecular complexity index is 363. The van der Waals surface area contributed by atoms with Crippen LogP contribution in [0.15, 0.2) is 12.1 Å². The number of carbonyl (C=O) groups excluding carboxylic acids is 1. The number of hydrogen-bond donors (Lipinski definition) is 2. The van der Waals surface area contributed by atoms with Crippen LogP contribution in [0.3, 0.4) is 0 Å². The van der Waals surface area contributed by atoms with Gasteiger partial charge in [-0.25, -0.2) is 0 Å². The number of alkyl halides is 1. The third kappa shape index (κ3) is 2.37. The van der Waals surface area contributed by atoms with Gasteiger partial charge in [-0.05, 0) is 18.6 Å². The van der Waals surface area contributed by atoms with Crippen molar-refractivity contribution in [2.75, 3.05) is 5.32 Å². The summed E-state index contributed by atoms with van der Waals surface area (Å²) < 4.78 is 0.800. The van der Waals surface area contributed by atoms with Gasteiger partial charge in [0.1, 0.15) is 5.75 Å². The summed E-state index contributed by atoms with van der Waals surface area (Å²) in [6.45, 7) is 3.25. The van der Waals surface area contributed by atoms with Crippen LogP contribution in [-0.2, 0) is 9.22 Å². The number of benzene rings is 1. The highest BCUT2D eigenvalue weighted by molar-refractivity contribution is 14.1. The van der Waals surface area contributed by atoms with Crippen LogP contribution in [-0.4, -0.2) is 11.0 Å². The molecule has 76 valence electrons. The average Bonchev–Trinajstić information content (AvgIpc) is 2.13. The second-order valence-corrected chi connectivity index (χ2v) is 3.82. The second kappa shape index (κ2) is 4.63. The van der Waals surface area contributed by atoms with Crippen molar-refractivity contribution in [1.82, 2.24) is 0 Å². The molecule has 14 heavy (non-hydrogen) atoms. The van der Waals surface area contributed by atoms with Crippen molar-refractivity contribution in [2.24, 2.45) is 0 Å². The highest BCUT2D eigenvalue weighted by Gasteiger charge is 2.09. The normalized spacial score (nSPS) is 9.93. The molecule has 0 saturated carbocycles. The van der Waals surface area contributed by atoms with Crippen LogP contribution in [0.25, 0.3) is 0 Å². The Morgan fingerprint density at radius 2 is 2.21 bits per heavy atom. The van der Waals surface area contributed by atoms with E-state index in [0.717, 1.165) is 21.2 Å². The fourth-order valence-corrected chi connectivity index (χ4v) is 1.85. The molecule has 0 aliphatic heterocycles. The minimum atomic E-state index is -0.121. The molecule has 0 fully saturated rings. The molecule has 4 heteroatoms. The molecule has 1 aromatic rings. The molecular formula is C10H12INO2. The van der Waals surface area contributed by atoms with Gasteiger partial charge in [0.05, 0.1) is 5.69 Å². The maximum atomic E-state index is 10.9. The molecule has 0 aromatic heterocycles. The first kappa shape index (κ1) is 11.3. The van der Waals surface area contributed by atoms with Gasteiger partial charge in [0.15, 0.2) is 0 Å². The molecule has 3 nitrogen and oxygen atoms in total. The molecule has 0 saturated heterocycles. The zero-order valence-electron chi connectivity index (χ0n) is 8.10. The van der Waals surface area contributed by atoms with Crippen molar-refractivity contribution in [1.29, 1.82) is 0 Å². The summed E-state index contributed by atoms with van der Waals surface area (Å²) in [4.78, 5) is 10.9. The topological polar surface area (TPSA) is 49.3 Å². The van der Waals surface area contributed by atoms with Gasteiger partial charge in [-0.1, -0.05) is 28.7 Å². The standard InChI is InChI=1S/C10H12INO2/c1-6-9(14)4-3-8(5-11)10(6)12-7(2)13/h3-4,14H,5H2,1-2H3,(H,12,13). The molecular weight excluding hydrogens is 293 g/mol. The Kier molecular flexibility index (Phi) is 3.74. The van der Waals surface area contributed by atoms with Gasteiger partial charge >= 0.3 is 0 Å². The predicted octanol–water partition coefficient (Wildman–Crippen LogP) is 2.59. The van der Waals surface area contributed by atoms with Crippen LogP contribution < -0.4 is 5.32 Å². The Balaban J connectivity index is 3.20. The first-order valence-corrected chi connectivity index (χ1v) is 5.73. The summed E-state index contributed by atoms with van der Waals surface area (Å²) in [5, 5.41) is 12.2. The maximum Gasteiger partial charge on any atom is 0.221 e. The van der Waals surface area contributed by atoms with Gasteiger partial charge in [0.2, 0.25) is 5.91 Å². The number of amides is 1. The van der Waals surface area contributed by atoms with Crippen LogP contribution in [0.5, 0.6) is 5.75 Å². The van der Waals surface area contributed by atoms with Crippen molar-refractivity contribution in [2.45, 2.75) is 18.3 Å². The largest absolute Gasteiger partial charge is 0.508 e. The summed E-state index contributed by atoms with van der Waals surface area (Å²) in [6, 6.07) is 3.47. The third-order valence-corrected chi connectivity index (χ3v) is 2.79. The number of hydrogen-bond acceptors (Lipinski definition) is 2. The summed E-state index contributed by atoms with van der Waals surface area (Å²) in [5.41, 5.74) is 2.47. The van der Waals surface area contributed by atoms with Crippen molar-refractivity contribution in [3.05, 3.63) is 23.3 Å². The number of carbonyl (C=O) groups is 1. The minimum Gasteiger partial charge on any atom is -0.508 e. The van der Waals surface area contributed by atoms with Crippen molar-refractivity contribution in [3.63, 3.8) is 0 Å². The van der Waals surface area contributed by atoms with E-state index in [4.69, 9.17) is 0 Å². The maximum absolute atomic E-state index is 10.9. The van der Waals surface area contributed by atoms with E-state index in [-0.39, 0.29) is 11.7 Å². The van der Waals surface area contributed by atoms with Gasteiger partial charge < -0.3 is 10.4 Å². The van der Waals surface area contributed by atoms with Gasteiger partial charge in [0, 0.05) is 16.9 Å². The van der Waals surface area contributed by atoms with E-state index in [0.29, 0.717) is 0 Å². The van der Waals surface area contributed by atoms with E-state index in [1.54, 1.807) is 13.0 Å². The lowest BCUT2D eigenvalue weighted by atomic mass is 10.1. The number of phenolic OH excluding ortho intramolecular Hbond substituents is 1. The monoisotopic (exact) mass is 305 g/mol. The van der Waals surface area contributed by atoms with Crippen molar-refractivity contribution in [3.8, 4) is 5.75 Å². The lowest BCUT2D eigenvalue weighted by Crippen LogP contribution is -2.09. The van der Waals surface area contributed by atoms with Crippen molar-refractivity contribution < 1.29 is 9.90 Å². The highest BCUT2D eigenvalue weighted by atomic mass is 127. The van der Waals surface area contributed by atoms with E-state index >= 15 is 0 Å². The Labute approximate surface area is 96.7 Å². The van der Waals surface area contributed by atoms with E-state index < -0.39 is 0 Å². The molecule has 2 N–H and O–H groups in total.